The van der Waals surface area contributed by atoms with E-state index in [1.165, 1.54) is 18.2 Å². The van der Waals surface area contributed by atoms with E-state index in [2.05, 4.69) is 10.6 Å². The lowest BCUT2D eigenvalue weighted by molar-refractivity contribution is -0.136. The number of carbonyl (C=O) groups is 4. The molecule has 0 radical (unpaired) electrons. The molecule has 1 rings (SSSR count). The summed E-state index contributed by atoms with van der Waals surface area (Å²) in [5.74, 6) is -2.35. The number of ether oxygens (including phenoxy) is 2. The summed E-state index contributed by atoms with van der Waals surface area (Å²) in [6.07, 6.45) is -0.232. The summed E-state index contributed by atoms with van der Waals surface area (Å²) in [7, 11) is 0. The Balaban J connectivity index is 2.95. The monoisotopic (exact) mass is 352 g/mol. The van der Waals surface area contributed by atoms with Crippen LogP contribution < -0.4 is 10.6 Å². The van der Waals surface area contributed by atoms with Gasteiger partial charge in [-0.1, -0.05) is 0 Å². The number of anilines is 1. The fourth-order valence-corrected chi connectivity index (χ4v) is 1.82. The Morgan fingerprint density at radius 3 is 1.92 bits per heavy atom. The zero-order valence-corrected chi connectivity index (χ0v) is 14.0. The molecule has 0 aliphatic carbocycles. The second kappa shape index (κ2) is 9.91. The normalized spacial score (nSPS) is 9.84. The van der Waals surface area contributed by atoms with Gasteiger partial charge in [-0.2, -0.15) is 0 Å². The lowest BCUT2D eigenvalue weighted by atomic mass is 10.1. The van der Waals surface area contributed by atoms with Crippen molar-refractivity contribution in [3.05, 3.63) is 29.3 Å². The number of aliphatic carboxylic acids is 1. The van der Waals surface area contributed by atoms with Gasteiger partial charge in [0.1, 0.15) is 0 Å². The lowest BCUT2D eigenvalue weighted by Gasteiger charge is -2.11. The van der Waals surface area contributed by atoms with Crippen molar-refractivity contribution in [2.24, 2.45) is 0 Å². The molecule has 0 aliphatic rings. The molecular weight excluding hydrogens is 332 g/mol. The van der Waals surface area contributed by atoms with Gasteiger partial charge in [0.2, 0.25) is 0 Å². The molecule has 0 aliphatic heterocycles. The topological polar surface area (TPSA) is 131 Å². The van der Waals surface area contributed by atoms with Crippen molar-refractivity contribution in [1.29, 1.82) is 0 Å². The van der Waals surface area contributed by atoms with Crippen LogP contribution in [0.5, 0.6) is 0 Å². The van der Waals surface area contributed by atoms with Crippen molar-refractivity contribution >= 4 is 29.6 Å². The van der Waals surface area contributed by atoms with Gasteiger partial charge in [-0.05, 0) is 32.0 Å². The van der Waals surface area contributed by atoms with Gasteiger partial charge >= 0.3 is 23.9 Å². The van der Waals surface area contributed by atoms with E-state index in [-0.39, 0.29) is 43.0 Å². The molecule has 0 aromatic heterocycles. The zero-order chi connectivity index (χ0) is 18.8. The van der Waals surface area contributed by atoms with Gasteiger partial charge in [0.05, 0.1) is 30.8 Å². The van der Waals surface area contributed by atoms with Crippen molar-refractivity contribution < 1.29 is 33.8 Å². The van der Waals surface area contributed by atoms with Crippen LogP contribution in [-0.2, 0) is 14.3 Å². The summed E-state index contributed by atoms with van der Waals surface area (Å²) in [5, 5.41) is 13.3. The maximum Gasteiger partial charge on any atom is 0.338 e. The van der Waals surface area contributed by atoms with Crippen LogP contribution in [0.15, 0.2) is 18.2 Å². The molecule has 0 bridgehead atoms. The summed E-state index contributed by atoms with van der Waals surface area (Å²) < 4.78 is 9.78. The summed E-state index contributed by atoms with van der Waals surface area (Å²) in [4.78, 5) is 46.0. The number of carbonyl (C=O) groups excluding carboxylic acids is 3. The van der Waals surface area contributed by atoms with Gasteiger partial charge in [0.15, 0.2) is 0 Å². The van der Waals surface area contributed by atoms with Gasteiger partial charge in [0.25, 0.3) is 0 Å². The fourth-order valence-electron chi connectivity index (χ4n) is 1.82. The highest BCUT2D eigenvalue weighted by atomic mass is 16.5. The maximum absolute atomic E-state index is 11.9. The van der Waals surface area contributed by atoms with Crippen LogP contribution >= 0.6 is 0 Å². The molecule has 136 valence electrons. The molecule has 2 amide bonds. The molecule has 0 spiro atoms. The van der Waals surface area contributed by atoms with Crippen LogP contribution in [0.25, 0.3) is 0 Å². The van der Waals surface area contributed by atoms with Gasteiger partial charge in [-0.25, -0.2) is 14.4 Å². The lowest BCUT2D eigenvalue weighted by Crippen LogP contribution is -2.30. The summed E-state index contributed by atoms with van der Waals surface area (Å²) in [5.41, 5.74) is 0.322. The van der Waals surface area contributed by atoms with Gasteiger partial charge in [-0.3, -0.25) is 4.79 Å². The molecule has 0 heterocycles. The first-order chi connectivity index (χ1) is 11.9. The molecular formula is C16H20N2O7. The van der Waals surface area contributed by atoms with Crippen LogP contribution in [0.1, 0.15) is 41.0 Å². The number of carboxylic acid groups (broad SMARTS) is 1. The van der Waals surface area contributed by atoms with Crippen molar-refractivity contribution in [2.45, 2.75) is 20.3 Å². The number of rotatable bonds is 8. The summed E-state index contributed by atoms with van der Waals surface area (Å²) in [6, 6.07) is 3.33. The van der Waals surface area contributed by atoms with E-state index < -0.39 is 23.9 Å². The first kappa shape index (κ1) is 19.9. The molecule has 0 saturated heterocycles. The minimum Gasteiger partial charge on any atom is -0.481 e. The van der Waals surface area contributed by atoms with E-state index in [0.717, 1.165) is 0 Å². The zero-order valence-electron chi connectivity index (χ0n) is 14.0. The highest BCUT2D eigenvalue weighted by molar-refractivity contribution is 5.99. The number of carboxylic acids is 1. The SMILES string of the molecule is CCOC(=O)c1cc(NC(=O)NCCC(=O)O)cc(C(=O)OCC)c1. The number of urea groups is 1. The van der Waals surface area contributed by atoms with E-state index >= 15 is 0 Å². The van der Waals surface area contributed by atoms with Gasteiger partial charge in [-0.15, -0.1) is 0 Å². The molecule has 0 atom stereocenters. The van der Waals surface area contributed by atoms with Gasteiger partial charge in [0, 0.05) is 12.2 Å². The predicted molar refractivity (Wildman–Crippen MR) is 87.6 cm³/mol. The molecule has 1 aromatic carbocycles. The number of benzene rings is 1. The second-order valence-corrected chi connectivity index (χ2v) is 4.76. The van der Waals surface area contributed by atoms with E-state index in [1.54, 1.807) is 13.8 Å². The smallest absolute Gasteiger partial charge is 0.338 e. The number of esters is 2. The third-order valence-electron chi connectivity index (χ3n) is 2.84. The third kappa shape index (κ3) is 6.90. The highest BCUT2D eigenvalue weighted by Crippen LogP contribution is 2.17. The molecule has 0 fully saturated rings. The Labute approximate surface area is 144 Å². The number of hydrogen-bond acceptors (Lipinski definition) is 6. The maximum atomic E-state index is 11.9. The van der Waals surface area contributed by atoms with Crippen LogP contribution in [0.3, 0.4) is 0 Å². The third-order valence-corrected chi connectivity index (χ3v) is 2.84. The van der Waals surface area contributed by atoms with E-state index in [4.69, 9.17) is 14.6 Å². The summed E-state index contributed by atoms with van der Waals surface area (Å²) in [6.45, 7) is 3.52. The Kier molecular flexibility index (Phi) is 7.91. The first-order valence-electron chi connectivity index (χ1n) is 7.63. The molecule has 25 heavy (non-hydrogen) atoms. The molecule has 0 saturated carbocycles. The van der Waals surface area contributed by atoms with Crippen molar-refractivity contribution in [1.82, 2.24) is 5.32 Å². The van der Waals surface area contributed by atoms with Crippen LogP contribution in [0.2, 0.25) is 0 Å². The predicted octanol–water partition coefficient (Wildman–Crippen LogP) is 1.64. The van der Waals surface area contributed by atoms with E-state index in [0.29, 0.717) is 0 Å². The number of amides is 2. The quantitative estimate of drug-likeness (QED) is 0.606. The van der Waals surface area contributed by atoms with Crippen LogP contribution in [0.4, 0.5) is 10.5 Å². The largest absolute Gasteiger partial charge is 0.481 e. The minimum absolute atomic E-state index is 0.0660. The van der Waals surface area contributed by atoms with Crippen molar-refractivity contribution in [2.75, 3.05) is 25.1 Å². The van der Waals surface area contributed by atoms with Crippen molar-refractivity contribution in [3.63, 3.8) is 0 Å². The highest BCUT2D eigenvalue weighted by Gasteiger charge is 2.15. The molecule has 1 aromatic rings. The molecule has 9 nitrogen and oxygen atoms in total. The molecule has 3 N–H and O–H groups in total. The van der Waals surface area contributed by atoms with E-state index in [9.17, 15) is 19.2 Å². The minimum atomic E-state index is -1.05. The molecule has 0 unspecified atom stereocenters. The number of nitrogens with one attached hydrogen (secondary N) is 2. The average molecular weight is 352 g/mol. The fraction of sp³-hybridized carbons (Fsp3) is 0.375. The standard InChI is InChI=1S/C16H20N2O7/c1-3-24-14(21)10-7-11(15(22)25-4-2)9-12(8-10)18-16(23)17-6-5-13(19)20/h7-9H,3-6H2,1-2H3,(H,19,20)(H2,17,18,23). The first-order valence-corrected chi connectivity index (χ1v) is 7.63. The van der Waals surface area contributed by atoms with E-state index in [1.807, 2.05) is 0 Å². The van der Waals surface area contributed by atoms with Crippen molar-refractivity contribution in [3.8, 4) is 0 Å². The Hall–Kier alpha value is -3.10. The Morgan fingerprint density at radius 1 is 0.960 bits per heavy atom. The average Bonchev–Trinajstić information content (AvgIpc) is 2.54. The Bertz CT molecular complexity index is 622. The van der Waals surface area contributed by atoms with Crippen LogP contribution in [0, 0.1) is 0 Å². The molecule has 9 heteroatoms. The second-order valence-electron chi connectivity index (χ2n) is 4.76. The van der Waals surface area contributed by atoms with Gasteiger partial charge < -0.3 is 25.2 Å². The number of hydrogen-bond donors (Lipinski definition) is 3. The summed E-state index contributed by atoms with van der Waals surface area (Å²) >= 11 is 0. The Morgan fingerprint density at radius 2 is 1.48 bits per heavy atom. The van der Waals surface area contributed by atoms with Crippen LogP contribution in [-0.4, -0.2) is 48.8 Å².